The summed E-state index contributed by atoms with van der Waals surface area (Å²) in [5.74, 6) is 1.87. The van der Waals surface area contributed by atoms with Gasteiger partial charge in [0.2, 0.25) is 5.91 Å². The second kappa shape index (κ2) is 8.84. The van der Waals surface area contributed by atoms with Crippen molar-refractivity contribution in [2.24, 2.45) is 0 Å². The molecule has 10 heteroatoms. The summed E-state index contributed by atoms with van der Waals surface area (Å²) in [5.41, 5.74) is 0.463. The van der Waals surface area contributed by atoms with E-state index in [2.05, 4.69) is 25.2 Å². The van der Waals surface area contributed by atoms with Crippen LogP contribution in [0.1, 0.15) is 36.8 Å². The zero-order valence-corrected chi connectivity index (χ0v) is 18.6. The molecule has 7 nitrogen and oxygen atoms in total. The quantitative estimate of drug-likeness (QED) is 0.632. The first kappa shape index (κ1) is 22.8. The van der Waals surface area contributed by atoms with Crippen molar-refractivity contribution >= 4 is 28.4 Å². The average Bonchev–Trinajstić information content (AvgIpc) is 2.78. The van der Waals surface area contributed by atoms with Gasteiger partial charge >= 0.3 is 6.18 Å². The molecule has 2 aromatic heterocycles. The summed E-state index contributed by atoms with van der Waals surface area (Å²) < 4.78 is 39.4. The lowest BCUT2D eigenvalue weighted by Gasteiger charge is -2.35. The van der Waals surface area contributed by atoms with Crippen molar-refractivity contribution in [3.63, 3.8) is 0 Å². The number of amides is 1. The maximum atomic E-state index is 13.1. The van der Waals surface area contributed by atoms with E-state index in [0.717, 1.165) is 23.3 Å². The molecule has 0 aliphatic carbocycles. The van der Waals surface area contributed by atoms with Gasteiger partial charge in [-0.3, -0.25) is 4.79 Å². The number of piperazine rings is 1. The molecule has 1 N–H and O–H groups in total. The van der Waals surface area contributed by atoms with Crippen LogP contribution in [0.15, 0.2) is 36.5 Å². The highest BCUT2D eigenvalue weighted by molar-refractivity contribution is 5.90. The molecule has 1 saturated heterocycles. The Labute approximate surface area is 189 Å². The highest BCUT2D eigenvalue weighted by atomic mass is 19.4. The number of halogens is 3. The highest BCUT2D eigenvalue weighted by Crippen LogP contribution is 2.32. The lowest BCUT2D eigenvalue weighted by molar-refractivity contribution is -0.137. The standard InChI is InChI=1S/C23H25F3N6O/c1-14(17-5-4-6-18(11-17)23(24,25)26)28-22-19-12-21(27-13-20(19)29-15(2)30-22)32-9-7-31(8-10-32)16(3)33/h4-6,11-14H,7-10H2,1-3H3,(H,28,29,30)/t14-/m1/s1. The van der Waals surface area contributed by atoms with Crippen molar-refractivity contribution < 1.29 is 18.0 Å². The molecule has 1 amide bonds. The van der Waals surface area contributed by atoms with Crippen molar-refractivity contribution in [1.29, 1.82) is 0 Å². The van der Waals surface area contributed by atoms with Crippen molar-refractivity contribution in [3.8, 4) is 0 Å². The molecule has 0 spiro atoms. The summed E-state index contributed by atoms with van der Waals surface area (Å²) in [4.78, 5) is 29.0. The summed E-state index contributed by atoms with van der Waals surface area (Å²) in [5, 5.41) is 3.99. The number of pyridine rings is 1. The first-order chi connectivity index (χ1) is 15.6. The fourth-order valence-electron chi connectivity index (χ4n) is 3.94. The van der Waals surface area contributed by atoms with Crippen molar-refractivity contribution in [3.05, 3.63) is 53.5 Å². The smallest absolute Gasteiger partial charge is 0.363 e. The SMILES string of the molecule is CC(=O)N1CCN(c2cc3c(N[C@H](C)c4cccc(C(F)(F)F)c4)nc(C)nc3cn2)CC1. The van der Waals surface area contributed by atoms with Gasteiger partial charge < -0.3 is 15.1 Å². The normalized spacial score (nSPS) is 15.6. The number of carbonyl (C=O) groups is 1. The number of aryl methyl sites for hydroxylation is 1. The predicted octanol–water partition coefficient (Wildman–Crippen LogP) is 4.19. The number of nitrogens with one attached hydrogen (secondary N) is 1. The number of hydrogen-bond donors (Lipinski definition) is 1. The summed E-state index contributed by atoms with van der Waals surface area (Å²) in [6.45, 7) is 7.68. The lowest BCUT2D eigenvalue weighted by atomic mass is 10.0. The minimum absolute atomic E-state index is 0.0556. The molecule has 4 rings (SSSR count). The fraction of sp³-hybridized carbons (Fsp3) is 0.391. The highest BCUT2D eigenvalue weighted by Gasteiger charge is 2.30. The third-order valence-corrected chi connectivity index (χ3v) is 5.80. The molecule has 1 aliphatic heterocycles. The molecular formula is C23H25F3N6O. The molecule has 1 aliphatic rings. The molecule has 3 heterocycles. The Hall–Kier alpha value is -3.43. The topological polar surface area (TPSA) is 74.2 Å². The summed E-state index contributed by atoms with van der Waals surface area (Å²) in [7, 11) is 0. The third-order valence-electron chi connectivity index (χ3n) is 5.80. The summed E-state index contributed by atoms with van der Waals surface area (Å²) in [6, 6.07) is 6.74. The van der Waals surface area contributed by atoms with Gasteiger partial charge in [-0.25, -0.2) is 15.0 Å². The molecule has 1 atom stereocenters. The van der Waals surface area contributed by atoms with Crippen LogP contribution in [-0.2, 0) is 11.0 Å². The Morgan fingerprint density at radius 2 is 1.85 bits per heavy atom. The molecule has 1 fully saturated rings. The van der Waals surface area contributed by atoms with Crippen LogP contribution in [0.3, 0.4) is 0 Å². The number of hydrogen-bond acceptors (Lipinski definition) is 6. The molecule has 3 aromatic rings. The second-order valence-corrected chi connectivity index (χ2v) is 8.16. The Morgan fingerprint density at radius 3 is 2.52 bits per heavy atom. The largest absolute Gasteiger partial charge is 0.416 e. The van der Waals surface area contributed by atoms with E-state index >= 15 is 0 Å². The van der Waals surface area contributed by atoms with Crippen LogP contribution in [0.5, 0.6) is 0 Å². The number of anilines is 2. The van der Waals surface area contributed by atoms with Gasteiger partial charge in [0.1, 0.15) is 17.5 Å². The molecule has 1 aromatic carbocycles. The van der Waals surface area contributed by atoms with Crippen molar-refractivity contribution in [1.82, 2.24) is 19.9 Å². The zero-order chi connectivity index (χ0) is 23.8. The molecule has 0 radical (unpaired) electrons. The number of alkyl halides is 3. The first-order valence-electron chi connectivity index (χ1n) is 10.7. The Kier molecular flexibility index (Phi) is 6.09. The average molecular weight is 458 g/mol. The van der Waals surface area contributed by atoms with Crippen LogP contribution in [0.2, 0.25) is 0 Å². The zero-order valence-electron chi connectivity index (χ0n) is 18.6. The van der Waals surface area contributed by atoms with Gasteiger partial charge in [0.05, 0.1) is 17.3 Å². The molecule has 0 bridgehead atoms. The molecule has 33 heavy (non-hydrogen) atoms. The number of rotatable bonds is 4. The monoisotopic (exact) mass is 458 g/mol. The maximum absolute atomic E-state index is 13.1. The van der Waals surface area contributed by atoms with Crippen LogP contribution < -0.4 is 10.2 Å². The Bertz CT molecular complexity index is 1170. The molecule has 174 valence electrons. The second-order valence-electron chi connectivity index (χ2n) is 8.16. The maximum Gasteiger partial charge on any atom is 0.416 e. The van der Waals surface area contributed by atoms with E-state index in [4.69, 9.17) is 0 Å². The van der Waals surface area contributed by atoms with Gasteiger partial charge in [0, 0.05) is 44.5 Å². The van der Waals surface area contributed by atoms with Gasteiger partial charge in [-0.15, -0.1) is 0 Å². The van der Waals surface area contributed by atoms with Crippen LogP contribution >= 0.6 is 0 Å². The van der Waals surface area contributed by atoms with Crippen molar-refractivity contribution in [2.45, 2.75) is 33.0 Å². The minimum Gasteiger partial charge on any atom is -0.363 e. The van der Waals surface area contributed by atoms with Gasteiger partial charge in [0.15, 0.2) is 0 Å². The van der Waals surface area contributed by atoms with Gasteiger partial charge in [-0.1, -0.05) is 12.1 Å². The van der Waals surface area contributed by atoms with E-state index < -0.39 is 17.8 Å². The van der Waals surface area contributed by atoms with E-state index in [1.807, 2.05) is 6.07 Å². The number of aromatic nitrogens is 3. The van der Waals surface area contributed by atoms with Crippen molar-refractivity contribution in [2.75, 3.05) is 36.4 Å². The summed E-state index contributed by atoms with van der Waals surface area (Å²) in [6.07, 6.45) is -2.72. The van der Waals surface area contributed by atoms with Gasteiger partial charge in [-0.2, -0.15) is 13.2 Å². The molecule has 0 saturated carbocycles. The van der Waals surface area contributed by atoms with Crippen LogP contribution in [-0.4, -0.2) is 51.9 Å². The Morgan fingerprint density at radius 1 is 1.12 bits per heavy atom. The van der Waals surface area contributed by atoms with Crippen LogP contribution in [0.4, 0.5) is 24.8 Å². The van der Waals surface area contributed by atoms with Gasteiger partial charge in [-0.05, 0) is 37.6 Å². The number of carbonyl (C=O) groups excluding carboxylic acids is 1. The Balaban J connectivity index is 1.62. The number of benzene rings is 1. The number of nitrogens with zero attached hydrogens (tertiary/aromatic N) is 5. The molecule has 0 unspecified atom stereocenters. The fourth-order valence-corrected chi connectivity index (χ4v) is 3.94. The minimum atomic E-state index is -4.40. The summed E-state index contributed by atoms with van der Waals surface area (Å²) >= 11 is 0. The first-order valence-corrected chi connectivity index (χ1v) is 10.7. The van der Waals surface area contributed by atoms with E-state index in [0.29, 0.717) is 48.9 Å². The number of fused-ring (bicyclic) bond motifs is 1. The third kappa shape index (κ3) is 4.99. The lowest BCUT2D eigenvalue weighted by Crippen LogP contribution is -2.48. The van der Waals surface area contributed by atoms with Crippen LogP contribution in [0.25, 0.3) is 10.9 Å². The predicted molar refractivity (Wildman–Crippen MR) is 120 cm³/mol. The molecular weight excluding hydrogens is 433 g/mol. The van der Waals surface area contributed by atoms with Crippen LogP contribution in [0, 0.1) is 6.92 Å². The van der Waals surface area contributed by atoms with Gasteiger partial charge in [0.25, 0.3) is 0 Å². The van der Waals surface area contributed by atoms with E-state index in [-0.39, 0.29) is 5.91 Å². The van der Waals surface area contributed by atoms with E-state index in [1.165, 1.54) is 6.07 Å². The van der Waals surface area contributed by atoms with E-state index in [9.17, 15) is 18.0 Å². The van der Waals surface area contributed by atoms with E-state index in [1.54, 1.807) is 37.9 Å².